The first-order chi connectivity index (χ1) is 5.20. The Hall–Kier alpha value is -0.463. The molecule has 9 nitrogen and oxygen atoms in total. The summed E-state index contributed by atoms with van der Waals surface area (Å²) in [4.78, 5) is 26.7. The number of rotatable bonds is 0. The van der Waals surface area contributed by atoms with Gasteiger partial charge in [0.2, 0.25) is 0 Å². The Kier molecular flexibility index (Phi) is 103. The quantitative estimate of drug-likeness (QED) is 0.386. The van der Waals surface area contributed by atoms with E-state index >= 15 is 0 Å². The van der Waals surface area contributed by atoms with Crippen molar-refractivity contribution >= 4 is 17.9 Å². The van der Waals surface area contributed by atoms with Gasteiger partial charge in [0, 0.05) is 17.9 Å². The summed E-state index contributed by atoms with van der Waals surface area (Å²) in [7, 11) is 0. The molecule has 0 unspecified atom stereocenters. The second-order valence-electron chi connectivity index (χ2n) is 1.47. The molecule has 0 aromatic carbocycles. The van der Waals surface area contributed by atoms with E-state index in [0.29, 0.717) is 0 Å². The van der Waals surface area contributed by atoms with Gasteiger partial charge in [0.15, 0.2) is 0 Å². The van der Waals surface area contributed by atoms with Gasteiger partial charge in [0.05, 0.1) is 0 Å². The van der Waals surface area contributed by atoms with Crippen LogP contribution in [0, 0.1) is 37.3 Å². The van der Waals surface area contributed by atoms with Crippen molar-refractivity contribution in [3.63, 3.8) is 0 Å². The van der Waals surface area contributed by atoms with Crippen molar-refractivity contribution in [2.24, 2.45) is 0 Å². The van der Waals surface area contributed by atoms with Crippen LogP contribution >= 0.6 is 0 Å². The molecule has 0 amide bonds. The number of carboxylic acids is 3. The molecule has 0 saturated carbocycles. The topological polar surface area (TPSA) is 215 Å². The first-order valence-corrected chi connectivity index (χ1v) is 2.72. The molecule has 0 bridgehead atoms. The molecule has 0 rings (SSSR count). The summed E-state index contributed by atoms with van der Waals surface area (Å²) < 4.78 is 0. The van der Waals surface area contributed by atoms with E-state index in [0.717, 1.165) is 20.8 Å². The van der Waals surface area contributed by atoms with Crippen molar-refractivity contribution in [2.75, 3.05) is 0 Å². The Morgan fingerprint density at radius 1 is 0.625 bits per heavy atom. The van der Waals surface area contributed by atoms with E-state index < -0.39 is 17.9 Å². The monoisotopic (exact) mass is 397 g/mol. The van der Waals surface area contributed by atoms with Gasteiger partial charge in [-0.25, -0.2) is 0 Å². The summed E-state index contributed by atoms with van der Waals surface area (Å²) in [6.07, 6.45) is 0. The van der Waals surface area contributed by atoms with Gasteiger partial charge in [-0.05, 0) is 20.8 Å². The molecule has 0 aromatic rings. The third kappa shape index (κ3) is 9910. The van der Waals surface area contributed by atoms with Crippen molar-refractivity contribution in [3.8, 4) is 0 Å². The molecule has 105 valence electrons. The van der Waals surface area contributed by atoms with E-state index in [9.17, 15) is 0 Å². The van der Waals surface area contributed by atoms with Gasteiger partial charge in [0.1, 0.15) is 0 Å². The van der Waals surface area contributed by atoms with E-state index in [2.05, 4.69) is 0 Å². The van der Waals surface area contributed by atoms with Crippen LogP contribution in [0.4, 0.5) is 0 Å². The molecule has 10 heteroatoms. The second-order valence-corrected chi connectivity index (χ2v) is 1.47. The molecule has 0 fully saturated rings. The van der Waals surface area contributed by atoms with Gasteiger partial charge in [-0.2, -0.15) is 0 Å². The summed E-state index contributed by atoms with van der Waals surface area (Å²) in [5.74, 6) is -3.25. The molecule has 0 aromatic heterocycles. The Bertz CT molecular complexity index is 118. The Balaban J connectivity index is -0.0000000135. The Labute approximate surface area is 122 Å². The molecule has 6 N–H and O–H groups in total. The summed E-state index contributed by atoms with van der Waals surface area (Å²) >= 11 is 0. The minimum atomic E-state index is -1.08. The van der Waals surface area contributed by atoms with Gasteiger partial charge < -0.3 is 46.1 Å². The largest absolute Gasteiger partial charge is 3.00 e. The molecule has 0 aliphatic heterocycles. The molecule has 16 heavy (non-hydrogen) atoms. The van der Waals surface area contributed by atoms with E-state index in [4.69, 9.17) is 29.7 Å². The van der Waals surface area contributed by atoms with Crippen molar-refractivity contribution in [1.82, 2.24) is 0 Å². The first-order valence-electron chi connectivity index (χ1n) is 2.72. The van der Waals surface area contributed by atoms with Gasteiger partial charge >= 0.3 is 37.3 Å². The summed E-state index contributed by atoms with van der Waals surface area (Å²) in [5.41, 5.74) is 0. The molecule has 0 saturated heterocycles. The van der Waals surface area contributed by atoms with Gasteiger partial charge in [-0.3, -0.25) is 0 Å². The standard InChI is InChI=1S/3C2H4O2.Er.3H2O/c3*1-2(3)4;;;;/h3*1H3,(H,3,4);;3*1H2/q;;;+3;;;/p-3. The number of hydrogen-bond acceptors (Lipinski definition) is 6. The molecule has 1 radical (unpaired) electrons. The van der Waals surface area contributed by atoms with Crippen LogP contribution in [-0.2, 0) is 14.4 Å². The third-order valence-electron chi connectivity index (χ3n) is 0. The fourth-order valence-corrected chi connectivity index (χ4v) is 0. The smallest absolute Gasteiger partial charge is 0.550 e. The van der Waals surface area contributed by atoms with Crippen LogP contribution in [0.1, 0.15) is 20.8 Å². The minimum Gasteiger partial charge on any atom is -0.550 e. The van der Waals surface area contributed by atoms with Crippen LogP contribution in [-0.4, -0.2) is 34.3 Å². The number of carboxylic acid groups (broad SMARTS) is 3. The summed E-state index contributed by atoms with van der Waals surface area (Å²) in [6, 6.07) is 0. The van der Waals surface area contributed by atoms with Crippen LogP contribution in [0.3, 0.4) is 0 Å². The number of aliphatic carboxylic acids is 3. The fourth-order valence-electron chi connectivity index (χ4n) is 0. The Morgan fingerprint density at radius 3 is 0.625 bits per heavy atom. The molecular weight excluding hydrogens is 383 g/mol. The van der Waals surface area contributed by atoms with Crippen LogP contribution < -0.4 is 15.3 Å². The summed E-state index contributed by atoms with van der Waals surface area (Å²) in [5, 5.41) is 26.7. The minimum absolute atomic E-state index is 0. The maximum Gasteiger partial charge on any atom is 3.00 e. The fraction of sp³-hybridized carbons (Fsp3) is 0.500. The number of carbonyl (C=O) groups is 3. The van der Waals surface area contributed by atoms with Crippen molar-refractivity contribution in [1.29, 1.82) is 0 Å². The SMILES string of the molecule is CC(=O)[O-].CC(=O)[O-].CC(=O)[O-].O.O.O.[Er+3]. The van der Waals surface area contributed by atoms with E-state index in [1.165, 1.54) is 0 Å². The molecule has 0 heterocycles. The maximum absolute atomic E-state index is 8.89. The average molecular weight is 398 g/mol. The summed E-state index contributed by atoms with van der Waals surface area (Å²) in [6.45, 7) is 2.92. The molecule has 0 aliphatic carbocycles. The predicted octanol–water partition coefficient (Wildman–Crippen LogP) is -6.21. The predicted molar refractivity (Wildman–Crippen MR) is 42.9 cm³/mol. The first kappa shape index (κ1) is 45.1. The number of carbonyl (C=O) groups excluding carboxylic acids is 3. The Morgan fingerprint density at radius 2 is 0.625 bits per heavy atom. The van der Waals surface area contributed by atoms with E-state index in [1.54, 1.807) is 0 Å². The zero-order valence-electron chi connectivity index (χ0n) is 8.74. The normalized spacial score (nSPS) is 4.69. The van der Waals surface area contributed by atoms with Crippen LogP contribution in [0.25, 0.3) is 0 Å². The van der Waals surface area contributed by atoms with Gasteiger partial charge in [-0.15, -0.1) is 0 Å². The van der Waals surface area contributed by atoms with Gasteiger partial charge in [0.25, 0.3) is 0 Å². The third-order valence-corrected chi connectivity index (χ3v) is 0. The van der Waals surface area contributed by atoms with Crippen molar-refractivity contribution in [2.45, 2.75) is 20.8 Å². The maximum atomic E-state index is 8.89. The average Bonchev–Trinajstić information content (AvgIpc) is 1.54. The second kappa shape index (κ2) is 36.6. The van der Waals surface area contributed by atoms with Crippen molar-refractivity contribution in [3.05, 3.63) is 0 Å². The zero-order valence-corrected chi connectivity index (χ0v) is 10.6. The molecule has 0 atom stereocenters. The zero-order chi connectivity index (χ0) is 10.7. The van der Waals surface area contributed by atoms with E-state index in [1.807, 2.05) is 0 Å². The van der Waals surface area contributed by atoms with Crippen LogP contribution in [0.2, 0.25) is 0 Å². The van der Waals surface area contributed by atoms with E-state index in [-0.39, 0.29) is 53.7 Å². The van der Waals surface area contributed by atoms with Crippen LogP contribution in [0.15, 0.2) is 0 Å². The molecular formula is C6H15ErO9. The number of hydrogen-bond donors (Lipinski definition) is 0. The van der Waals surface area contributed by atoms with Crippen molar-refractivity contribution < 1.29 is 83.4 Å². The molecule has 0 spiro atoms. The van der Waals surface area contributed by atoms with Crippen LogP contribution in [0.5, 0.6) is 0 Å². The van der Waals surface area contributed by atoms with Gasteiger partial charge in [-0.1, -0.05) is 0 Å². The molecule has 0 aliphatic rings.